The molecule has 0 radical (unpaired) electrons. The Labute approximate surface area is 150 Å². The third kappa shape index (κ3) is 2.49. The highest BCUT2D eigenvalue weighted by molar-refractivity contribution is 5.87. The zero-order valence-electron chi connectivity index (χ0n) is 14.7. The normalized spacial score (nSPS) is 18.7. The summed E-state index contributed by atoms with van der Waals surface area (Å²) in [4.78, 5) is 16.3. The van der Waals surface area contributed by atoms with Crippen molar-refractivity contribution in [2.24, 2.45) is 0 Å². The van der Waals surface area contributed by atoms with Crippen LogP contribution in [0.25, 0.3) is 11.0 Å². The summed E-state index contributed by atoms with van der Waals surface area (Å²) in [6.07, 6.45) is 1.74. The fourth-order valence-corrected chi connectivity index (χ4v) is 4.07. The molecule has 1 aliphatic heterocycles. The fraction of sp³-hybridized carbons (Fsp3) is 0.300. The highest BCUT2D eigenvalue weighted by Crippen LogP contribution is 2.40. The van der Waals surface area contributed by atoms with Crippen LogP contribution in [0.4, 0.5) is 4.39 Å². The molecule has 0 spiro atoms. The van der Waals surface area contributed by atoms with Gasteiger partial charge in [0, 0.05) is 35.8 Å². The molecule has 0 saturated carbocycles. The number of nitrogens with zero attached hydrogens (tertiary/aromatic N) is 2. The summed E-state index contributed by atoms with van der Waals surface area (Å²) in [7, 11) is 0. The Kier molecular flexibility index (Phi) is 3.80. The molecule has 0 bridgehead atoms. The van der Waals surface area contributed by atoms with Crippen molar-refractivity contribution in [3.63, 3.8) is 0 Å². The number of carboxylic acids is 1. The van der Waals surface area contributed by atoms with Gasteiger partial charge in [-0.25, -0.2) is 9.37 Å². The number of carboxylic acid groups (broad SMARTS) is 1. The van der Waals surface area contributed by atoms with Crippen molar-refractivity contribution < 1.29 is 14.3 Å². The molecule has 26 heavy (non-hydrogen) atoms. The van der Waals surface area contributed by atoms with E-state index in [1.807, 2.05) is 26.0 Å². The Morgan fingerprint density at radius 1 is 1.35 bits per heavy atom. The van der Waals surface area contributed by atoms with Gasteiger partial charge in [-0.15, -0.1) is 0 Å². The quantitative estimate of drug-likeness (QED) is 0.759. The predicted molar refractivity (Wildman–Crippen MR) is 96.5 cm³/mol. The molecule has 3 aromatic rings. The molecule has 134 valence electrons. The maximum absolute atomic E-state index is 13.2. The molecule has 2 N–H and O–H groups in total. The number of nitrogens with one attached hydrogen (secondary N) is 1. The molecule has 3 heterocycles. The molecule has 2 aromatic heterocycles. The SMILES string of the molecule is CC1(C)c2c(n(Cc3ccc(F)cc3)c3ncccc23)CNC1C(=O)O. The minimum absolute atomic E-state index is 0.265. The number of benzene rings is 1. The third-order valence-corrected chi connectivity index (χ3v) is 5.27. The van der Waals surface area contributed by atoms with Crippen molar-refractivity contribution in [2.45, 2.75) is 38.4 Å². The number of carbonyl (C=O) groups is 1. The minimum atomic E-state index is -0.857. The van der Waals surface area contributed by atoms with E-state index in [2.05, 4.69) is 14.9 Å². The second-order valence-electron chi connectivity index (χ2n) is 7.28. The van der Waals surface area contributed by atoms with Crippen molar-refractivity contribution >= 4 is 17.0 Å². The Balaban J connectivity index is 1.91. The van der Waals surface area contributed by atoms with E-state index < -0.39 is 17.4 Å². The van der Waals surface area contributed by atoms with Crippen molar-refractivity contribution in [3.8, 4) is 0 Å². The minimum Gasteiger partial charge on any atom is -0.480 e. The van der Waals surface area contributed by atoms with Gasteiger partial charge < -0.3 is 9.67 Å². The smallest absolute Gasteiger partial charge is 0.321 e. The first-order valence-electron chi connectivity index (χ1n) is 8.57. The molecule has 1 atom stereocenters. The first-order valence-corrected chi connectivity index (χ1v) is 8.57. The van der Waals surface area contributed by atoms with Crippen LogP contribution < -0.4 is 5.32 Å². The van der Waals surface area contributed by atoms with Crippen LogP contribution in [-0.4, -0.2) is 26.7 Å². The first-order chi connectivity index (χ1) is 12.4. The van der Waals surface area contributed by atoms with E-state index in [0.29, 0.717) is 13.1 Å². The molecule has 0 saturated heterocycles. The second-order valence-corrected chi connectivity index (χ2v) is 7.28. The average molecular weight is 353 g/mol. The zero-order chi connectivity index (χ0) is 18.5. The standard InChI is InChI=1S/C20H20FN3O2/c1-20(2)16-14-4-3-9-22-18(14)24(11-12-5-7-13(21)8-6-12)15(16)10-23-17(20)19(25)26/h3-9,17,23H,10-11H2,1-2H3,(H,25,26). The Hall–Kier alpha value is -2.73. The zero-order valence-corrected chi connectivity index (χ0v) is 14.7. The lowest BCUT2D eigenvalue weighted by molar-refractivity contribution is -0.141. The summed E-state index contributed by atoms with van der Waals surface area (Å²) in [6.45, 7) is 4.91. The lowest BCUT2D eigenvalue weighted by atomic mass is 9.74. The number of aromatic nitrogens is 2. The summed E-state index contributed by atoms with van der Waals surface area (Å²) in [5.74, 6) is -1.12. The van der Waals surface area contributed by atoms with Crippen molar-refractivity contribution in [1.29, 1.82) is 0 Å². The molecule has 4 rings (SSSR count). The molecular weight excluding hydrogens is 333 g/mol. The highest BCUT2D eigenvalue weighted by Gasteiger charge is 2.44. The molecule has 5 nitrogen and oxygen atoms in total. The molecule has 1 aliphatic rings. The number of hydrogen-bond donors (Lipinski definition) is 2. The van der Waals surface area contributed by atoms with E-state index in [1.54, 1.807) is 18.3 Å². The van der Waals surface area contributed by atoms with Gasteiger partial charge in [0.15, 0.2) is 0 Å². The lowest BCUT2D eigenvalue weighted by Gasteiger charge is -2.37. The van der Waals surface area contributed by atoms with E-state index in [1.165, 1.54) is 12.1 Å². The van der Waals surface area contributed by atoms with Gasteiger partial charge in [-0.05, 0) is 35.4 Å². The van der Waals surface area contributed by atoms with Gasteiger partial charge in [-0.3, -0.25) is 10.1 Å². The van der Waals surface area contributed by atoms with Crippen molar-refractivity contribution in [3.05, 3.63) is 65.2 Å². The van der Waals surface area contributed by atoms with E-state index in [9.17, 15) is 14.3 Å². The molecular formula is C20H20FN3O2. The van der Waals surface area contributed by atoms with Gasteiger partial charge in [0.1, 0.15) is 17.5 Å². The molecule has 1 unspecified atom stereocenters. The van der Waals surface area contributed by atoms with Crippen LogP contribution in [0.15, 0.2) is 42.6 Å². The average Bonchev–Trinajstić information content (AvgIpc) is 2.91. The number of fused-ring (bicyclic) bond motifs is 3. The number of halogens is 1. The molecule has 6 heteroatoms. The number of rotatable bonds is 3. The van der Waals surface area contributed by atoms with Crippen LogP contribution in [0.2, 0.25) is 0 Å². The van der Waals surface area contributed by atoms with E-state index in [-0.39, 0.29) is 5.82 Å². The molecule has 0 fully saturated rings. The molecule has 1 aromatic carbocycles. The molecule has 0 aliphatic carbocycles. The van der Waals surface area contributed by atoms with Gasteiger partial charge >= 0.3 is 5.97 Å². The summed E-state index contributed by atoms with van der Waals surface area (Å²) in [5.41, 5.74) is 3.26. The number of hydrogen-bond acceptors (Lipinski definition) is 3. The summed E-state index contributed by atoms with van der Waals surface area (Å²) >= 11 is 0. The van der Waals surface area contributed by atoms with E-state index in [4.69, 9.17) is 0 Å². The van der Waals surface area contributed by atoms with Crippen LogP contribution in [-0.2, 0) is 23.3 Å². The first kappa shape index (κ1) is 16.7. The lowest BCUT2D eigenvalue weighted by Crippen LogP contribution is -2.53. The highest BCUT2D eigenvalue weighted by atomic mass is 19.1. The van der Waals surface area contributed by atoms with E-state index >= 15 is 0 Å². The number of pyridine rings is 1. The monoisotopic (exact) mass is 353 g/mol. The van der Waals surface area contributed by atoms with Crippen LogP contribution in [0.1, 0.15) is 30.7 Å². The maximum Gasteiger partial charge on any atom is 0.321 e. The molecule has 0 amide bonds. The maximum atomic E-state index is 13.2. The summed E-state index contributed by atoms with van der Waals surface area (Å²) < 4.78 is 15.3. The van der Waals surface area contributed by atoms with Gasteiger partial charge in [0.2, 0.25) is 0 Å². The topological polar surface area (TPSA) is 67.2 Å². The van der Waals surface area contributed by atoms with Crippen molar-refractivity contribution in [2.75, 3.05) is 0 Å². The van der Waals surface area contributed by atoms with Gasteiger partial charge in [-0.1, -0.05) is 26.0 Å². The Morgan fingerprint density at radius 3 is 2.77 bits per heavy atom. The largest absolute Gasteiger partial charge is 0.480 e. The number of aliphatic carboxylic acids is 1. The van der Waals surface area contributed by atoms with Gasteiger partial charge in [0.25, 0.3) is 0 Å². The van der Waals surface area contributed by atoms with Crippen LogP contribution >= 0.6 is 0 Å². The van der Waals surface area contributed by atoms with Crippen molar-refractivity contribution in [1.82, 2.24) is 14.9 Å². The predicted octanol–water partition coefficient (Wildman–Crippen LogP) is 3.06. The van der Waals surface area contributed by atoms with Crippen LogP contribution in [0, 0.1) is 5.82 Å². The van der Waals surface area contributed by atoms with Gasteiger partial charge in [0.05, 0.1) is 0 Å². The van der Waals surface area contributed by atoms with Crippen LogP contribution in [0.5, 0.6) is 0 Å². The Morgan fingerprint density at radius 2 is 2.08 bits per heavy atom. The van der Waals surface area contributed by atoms with Crippen LogP contribution in [0.3, 0.4) is 0 Å². The van der Waals surface area contributed by atoms with Gasteiger partial charge in [-0.2, -0.15) is 0 Å². The third-order valence-electron chi connectivity index (χ3n) is 5.27. The summed E-state index contributed by atoms with van der Waals surface area (Å²) in [5, 5.41) is 13.7. The Bertz CT molecular complexity index is 992. The summed E-state index contributed by atoms with van der Waals surface area (Å²) in [6, 6.07) is 9.62. The second kappa shape index (κ2) is 5.92. The van der Waals surface area contributed by atoms with E-state index in [0.717, 1.165) is 27.9 Å². The fourth-order valence-electron chi connectivity index (χ4n) is 4.07.